The van der Waals surface area contributed by atoms with Gasteiger partial charge in [0.1, 0.15) is 11.5 Å². The van der Waals surface area contributed by atoms with Crippen LogP contribution in [0.4, 0.5) is 0 Å². The van der Waals surface area contributed by atoms with Gasteiger partial charge in [0.05, 0.1) is 25.8 Å². The summed E-state index contributed by atoms with van der Waals surface area (Å²) in [5.74, 6) is 1.35. The summed E-state index contributed by atoms with van der Waals surface area (Å²) in [4.78, 5) is 13.8. The highest BCUT2D eigenvalue weighted by Crippen LogP contribution is 2.30. The van der Waals surface area contributed by atoms with Crippen molar-refractivity contribution >= 4 is 17.7 Å². The summed E-state index contributed by atoms with van der Waals surface area (Å²) in [5, 5.41) is 3.47. The number of carbonyl (C=O) groups is 1. The number of methoxy groups -OCH3 is 2. The van der Waals surface area contributed by atoms with E-state index in [4.69, 9.17) is 9.47 Å². The molecule has 0 saturated carbocycles. The molecule has 0 aliphatic carbocycles. The zero-order chi connectivity index (χ0) is 18.4. The first-order chi connectivity index (χ1) is 12.0. The Bertz CT molecular complexity index is 731. The van der Waals surface area contributed by atoms with E-state index in [0.29, 0.717) is 10.8 Å². The molecule has 25 heavy (non-hydrogen) atoms. The van der Waals surface area contributed by atoms with Gasteiger partial charge in [-0.15, -0.1) is 11.8 Å². The van der Waals surface area contributed by atoms with Gasteiger partial charge >= 0.3 is 0 Å². The van der Waals surface area contributed by atoms with E-state index in [1.165, 1.54) is 0 Å². The lowest BCUT2D eigenvalue weighted by Crippen LogP contribution is -2.27. The lowest BCUT2D eigenvalue weighted by molar-refractivity contribution is 0.0936. The van der Waals surface area contributed by atoms with Crippen molar-refractivity contribution < 1.29 is 14.3 Å². The van der Waals surface area contributed by atoms with Crippen LogP contribution in [0.3, 0.4) is 0 Å². The number of hydrogen-bond donors (Lipinski definition) is 1. The Kier molecular flexibility index (Phi) is 6.76. The summed E-state index contributed by atoms with van der Waals surface area (Å²) >= 11 is 1.68. The van der Waals surface area contributed by atoms with Crippen LogP contribution in [0.15, 0.2) is 47.4 Å². The molecule has 2 aromatic rings. The third-order valence-corrected chi connectivity index (χ3v) is 4.83. The minimum Gasteiger partial charge on any atom is -0.497 e. The van der Waals surface area contributed by atoms with E-state index < -0.39 is 0 Å². The molecule has 4 nitrogen and oxygen atoms in total. The van der Waals surface area contributed by atoms with Crippen molar-refractivity contribution in [2.45, 2.75) is 37.0 Å². The summed E-state index contributed by atoms with van der Waals surface area (Å²) in [5.41, 5.74) is 1.57. The van der Waals surface area contributed by atoms with Gasteiger partial charge in [-0.2, -0.15) is 0 Å². The first-order valence-electron chi connectivity index (χ1n) is 8.24. The van der Waals surface area contributed by atoms with Crippen molar-refractivity contribution in [3.63, 3.8) is 0 Å². The Labute approximate surface area is 153 Å². The minimum atomic E-state index is -0.213. The Morgan fingerprint density at radius 1 is 1.04 bits per heavy atom. The molecular weight excluding hydrogens is 334 g/mol. The lowest BCUT2D eigenvalue weighted by Gasteiger charge is -2.19. The number of benzene rings is 2. The molecule has 0 saturated heterocycles. The van der Waals surface area contributed by atoms with Gasteiger partial charge in [0.15, 0.2) is 0 Å². The van der Waals surface area contributed by atoms with Crippen LogP contribution in [0.1, 0.15) is 42.7 Å². The van der Waals surface area contributed by atoms with E-state index in [1.807, 2.05) is 49.4 Å². The molecular formula is C20H25NO3S. The number of thioether (sulfide) groups is 1. The molecule has 1 N–H and O–H groups in total. The fraction of sp³-hybridized carbons (Fsp3) is 0.350. The van der Waals surface area contributed by atoms with E-state index in [-0.39, 0.29) is 11.9 Å². The fourth-order valence-electron chi connectivity index (χ4n) is 2.54. The predicted molar refractivity (Wildman–Crippen MR) is 103 cm³/mol. The molecule has 0 fully saturated rings. The molecule has 0 bridgehead atoms. The summed E-state index contributed by atoms with van der Waals surface area (Å²) < 4.78 is 10.7. The fourth-order valence-corrected chi connectivity index (χ4v) is 3.49. The Morgan fingerprint density at radius 3 is 2.40 bits per heavy atom. The summed E-state index contributed by atoms with van der Waals surface area (Å²) in [6.45, 7) is 6.17. The summed E-state index contributed by atoms with van der Waals surface area (Å²) in [6.07, 6.45) is 0. The molecule has 0 aromatic heterocycles. The smallest absolute Gasteiger partial charge is 0.252 e. The molecule has 134 valence electrons. The first kappa shape index (κ1) is 19.2. The van der Waals surface area contributed by atoms with Crippen molar-refractivity contribution in [2.24, 2.45) is 0 Å². The quantitative estimate of drug-likeness (QED) is 0.728. The van der Waals surface area contributed by atoms with Gasteiger partial charge in [-0.3, -0.25) is 4.79 Å². The molecule has 5 heteroatoms. The normalized spacial score (nSPS) is 11.9. The van der Waals surface area contributed by atoms with Crippen molar-refractivity contribution in [1.82, 2.24) is 5.32 Å². The van der Waals surface area contributed by atoms with Crippen LogP contribution >= 0.6 is 11.8 Å². The van der Waals surface area contributed by atoms with E-state index in [9.17, 15) is 4.79 Å². The van der Waals surface area contributed by atoms with Crippen LogP contribution in [-0.4, -0.2) is 25.4 Å². The predicted octanol–water partition coefficient (Wildman–Crippen LogP) is 4.70. The van der Waals surface area contributed by atoms with E-state index in [0.717, 1.165) is 22.0 Å². The molecule has 0 spiro atoms. The van der Waals surface area contributed by atoms with E-state index >= 15 is 0 Å². The standard InChI is InChI=1S/C20H25NO3S/c1-13(2)25-19-9-7-6-8-16(19)20(22)21-14(3)17-12-15(23-4)10-11-18(17)24-5/h6-14H,1-5H3,(H,21,22)/t14-/m1/s1. The van der Waals surface area contributed by atoms with Crippen molar-refractivity contribution in [3.8, 4) is 11.5 Å². The third kappa shape index (κ3) is 4.92. The Hall–Kier alpha value is -2.14. The van der Waals surface area contributed by atoms with Gasteiger partial charge < -0.3 is 14.8 Å². The molecule has 0 radical (unpaired) electrons. The number of rotatable bonds is 7. The second-order valence-electron chi connectivity index (χ2n) is 5.97. The number of ether oxygens (including phenoxy) is 2. The zero-order valence-corrected chi connectivity index (χ0v) is 16.1. The van der Waals surface area contributed by atoms with Gasteiger partial charge in [-0.25, -0.2) is 0 Å². The highest BCUT2D eigenvalue weighted by molar-refractivity contribution is 8.00. The molecule has 0 aliphatic heterocycles. The monoisotopic (exact) mass is 359 g/mol. The van der Waals surface area contributed by atoms with E-state index in [1.54, 1.807) is 26.0 Å². The van der Waals surface area contributed by atoms with Gasteiger partial charge in [-0.1, -0.05) is 26.0 Å². The van der Waals surface area contributed by atoms with Crippen molar-refractivity contribution in [3.05, 3.63) is 53.6 Å². The van der Waals surface area contributed by atoms with Crippen LogP contribution < -0.4 is 14.8 Å². The highest BCUT2D eigenvalue weighted by atomic mass is 32.2. The van der Waals surface area contributed by atoms with Gasteiger partial charge in [-0.05, 0) is 37.3 Å². The largest absolute Gasteiger partial charge is 0.497 e. The van der Waals surface area contributed by atoms with Crippen LogP contribution in [-0.2, 0) is 0 Å². The lowest BCUT2D eigenvalue weighted by atomic mass is 10.1. The van der Waals surface area contributed by atoms with Crippen LogP contribution in [0.25, 0.3) is 0 Å². The topological polar surface area (TPSA) is 47.6 Å². The summed E-state index contributed by atoms with van der Waals surface area (Å²) in [6, 6.07) is 13.0. The third-order valence-electron chi connectivity index (χ3n) is 3.75. The molecule has 1 amide bonds. The SMILES string of the molecule is COc1ccc(OC)c([C@@H](C)NC(=O)c2ccccc2SC(C)C)c1. The number of carbonyl (C=O) groups excluding carboxylic acids is 1. The molecule has 2 rings (SSSR count). The maximum atomic E-state index is 12.8. The molecule has 0 unspecified atom stereocenters. The number of amides is 1. The summed E-state index contributed by atoms with van der Waals surface area (Å²) in [7, 11) is 3.24. The van der Waals surface area contributed by atoms with Crippen molar-refractivity contribution in [1.29, 1.82) is 0 Å². The molecule has 2 aromatic carbocycles. The van der Waals surface area contributed by atoms with Crippen LogP contribution in [0, 0.1) is 0 Å². The Morgan fingerprint density at radius 2 is 1.76 bits per heavy atom. The second-order valence-corrected chi connectivity index (χ2v) is 7.58. The maximum Gasteiger partial charge on any atom is 0.252 e. The Balaban J connectivity index is 2.24. The van der Waals surface area contributed by atoms with Crippen molar-refractivity contribution in [2.75, 3.05) is 14.2 Å². The van der Waals surface area contributed by atoms with E-state index in [2.05, 4.69) is 19.2 Å². The molecule has 0 heterocycles. The average molecular weight is 359 g/mol. The van der Waals surface area contributed by atoms with Gasteiger partial charge in [0.2, 0.25) is 0 Å². The molecule has 1 atom stereocenters. The molecule has 0 aliphatic rings. The van der Waals surface area contributed by atoms with Gasteiger partial charge in [0.25, 0.3) is 5.91 Å². The second kappa shape index (κ2) is 8.81. The highest BCUT2D eigenvalue weighted by Gasteiger charge is 2.18. The van der Waals surface area contributed by atoms with Crippen LogP contribution in [0.5, 0.6) is 11.5 Å². The maximum absolute atomic E-state index is 12.8. The minimum absolute atomic E-state index is 0.0962. The average Bonchev–Trinajstić information content (AvgIpc) is 2.60. The van der Waals surface area contributed by atoms with Crippen LogP contribution in [0.2, 0.25) is 0 Å². The zero-order valence-electron chi connectivity index (χ0n) is 15.3. The number of nitrogens with one attached hydrogen (secondary N) is 1. The first-order valence-corrected chi connectivity index (χ1v) is 9.12. The van der Waals surface area contributed by atoms with Gasteiger partial charge in [0, 0.05) is 15.7 Å². The number of hydrogen-bond acceptors (Lipinski definition) is 4.